The van der Waals surface area contributed by atoms with Gasteiger partial charge in [0.15, 0.2) is 5.65 Å². The molecule has 0 amide bonds. The van der Waals surface area contributed by atoms with Gasteiger partial charge in [0.2, 0.25) is 0 Å². The Labute approximate surface area is 86.4 Å². The summed E-state index contributed by atoms with van der Waals surface area (Å²) in [6.45, 7) is 1.68. The van der Waals surface area contributed by atoms with E-state index in [-0.39, 0.29) is 0 Å². The van der Waals surface area contributed by atoms with Gasteiger partial charge in [0.05, 0.1) is 5.92 Å². The molecule has 0 aliphatic carbocycles. The lowest BCUT2D eigenvalue weighted by molar-refractivity contribution is -0.141. The van der Waals surface area contributed by atoms with Crippen molar-refractivity contribution in [3.8, 4) is 0 Å². The second kappa shape index (κ2) is 3.68. The second-order valence-corrected chi connectivity index (χ2v) is 3.51. The summed E-state index contributed by atoms with van der Waals surface area (Å²) in [6, 6.07) is 3.72. The molecule has 0 aromatic carbocycles. The van der Waals surface area contributed by atoms with Crippen LogP contribution in [-0.2, 0) is 11.2 Å². The normalized spacial score (nSPS) is 12.9. The van der Waals surface area contributed by atoms with Gasteiger partial charge in [-0.15, -0.1) is 0 Å². The van der Waals surface area contributed by atoms with Crippen molar-refractivity contribution in [2.24, 2.45) is 5.92 Å². The van der Waals surface area contributed by atoms with E-state index in [1.165, 1.54) is 6.33 Å². The van der Waals surface area contributed by atoms with Crippen LogP contribution in [0.4, 0.5) is 0 Å². The van der Waals surface area contributed by atoms with Gasteiger partial charge in [-0.1, -0.05) is 13.0 Å². The van der Waals surface area contributed by atoms with Crippen molar-refractivity contribution in [2.45, 2.75) is 13.3 Å². The monoisotopic (exact) mass is 205 g/mol. The van der Waals surface area contributed by atoms with Crippen LogP contribution in [0.25, 0.3) is 5.65 Å². The fourth-order valence-corrected chi connectivity index (χ4v) is 1.48. The molecular formula is C10H11N3O2. The lowest BCUT2D eigenvalue weighted by Crippen LogP contribution is -2.12. The van der Waals surface area contributed by atoms with Crippen LogP contribution in [0, 0.1) is 5.92 Å². The number of fused-ring (bicyclic) bond motifs is 1. The van der Waals surface area contributed by atoms with Gasteiger partial charge in [-0.25, -0.2) is 9.50 Å². The van der Waals surface area contributed by atoms with E-state index in [0.29, 0.717) is 6.42 Å². The third-order valence-electron chi connectivity index (χ3n) is 2.33. The standard InChI is InChI=1S/C10H11N3O2/c1-7(10(14)15)5-8-3-2-4-13-9(8)11-6-12-13/h2-4,6-7H,5H2,1H3,(H,14,15). The lowest BCUT2D eigenvalue weighted by Gasteiger charge is -2.06. The molecule has 15 heavy (non-hydrogen) atoms. The number of carboxylic acids is 1. The zero-order valence-electron chi connectivity index (χ0n) is 8.29. The quantitative estimate of drug-likeness (QED) is 0.811. The number of carbonyl (C=O) groups is 1. The molecule has 2 rings (SSSR count). The first-order valence-electron chi connectivity index (χ1n) is 4.68. The molecule has 0 radical (unpaired) electrons. The van der Waals surface area contributed by atoms with Crippen LogP contribution in [0.3, 0.4) is 0 Å². The average molecular weight is 205 g/mol. The molecule has 0 fully saturated rings. The molecule has 0 spiro atoms. The molecular weight excluding hydrogens is 194 g/mol. The van der Waals surface area contributed by atoms with Gasteiger partial charge in [-0.3, -0.25) is 4.79 Å². The van der Waals surface area contributed by atoms with Crippen molar-refractivity contribution in [1.29, 1.82) is 0 Å². The van der Waals surface area contributed by atoms with Gasteiger partial charge in [0.25, 0.3) is 0 Å². The number of aliphatic carboxylic acids is 1. The number of pyridine rings is 1. The Balaban J connectivity index is 2.35. The summed E-state index contributed by atoms with van der Waals surface area (Å²) in [5.74, 6) is -1.20. The van der Waals surface area contributed by atoms with Crippen molar-refractivity contribution >= 4 is 11.6 Å². The zero-order valence-corrected chi connectivity index (χ0v) is 8.29. The largest absolute Gasteiger partial charge is 0.481 e. The second-order valence-electron chi connectivity index (χ2n) is 3.51. The van der Waals surface area contributed by atoms with Gasteiger partial charge in [0.1, 0.15) is 6.33 Å². The highest BCUT2D eigenvalue weighted by molar-refractivity contribution is 5.70. The summed E-state index contributed by atoms with van der Waals surface area (Å²) < 4.78 is 1.64. The minimum absolute atomic E-state index is 0.409. The maximum absolute atomic E-state index is 10.7. The van der Waals surface area contributed by atoms with Crippen LogP contribution in [0.1, 0.15) is 12.5 Å². The van der Waals surface area contributed by atoms with Gasteiger partial charge in [-0.2, -0.15) is 5.10 Å². The predicted octanol–water partition coefficient (Wildman–Crippen LogP) is 0.992. The zero-order chi connectivity index (χ0) is 10.8. The van der Waals surface area contributed by atoms with E-state index >= 15 is 0 Å². The Morgan fingerprint density at radius 1 is 1.67 bits per heavy atom. The molecule has 0 saturated carbocycles. The van der Waals surface area contributed by atoms with E-state index < -0.39 is 11.9 Å². The number of nitrogens with zero attached hydrogens (tertiary/aromatic N) is 3. The summed E-state index contributed by atoms with van der Waals surface area (Å²) in [5.41, 5.74) is 1.63. The number of hydrogen-bond donors (Lipinski definition) is 1. The van der Waals surface area contributed by atoms with Gasteiger partial charge in [0, 0.05) is 6.20 Å². The Morgan fingerprint density at radius 3 is 3.20 bits per heavy atom. The molecule has 0 aliphatic heterocycles. The third kappa shape index (κ3) is 1.81. The summed E-state index contributed by atoms with van der Waals surface area (Å²) in [7, 11) is 0. The first kappa shape index (κ1) is 9.64. The third-order valence-corrected chi connectivity index (χ3v) is 2.33. The molecule has 78 valence electrons. The molecule has 1 unspecified atom stereocenters. The lowest BCUT2D eigenvalue weighted by atomic mass is 10.0. The fourth-order valence-electron chi connectivity index (χ4n) is 1.48. The SMILES string of the molecule is CC(Cc1cccn2ncnc12)C(=O)O. The molecule has 0 saturated heterocycles. The van der Waals surface area contributed by atoms with E-state index in [2.05, 4.69) is 10.1 Å². The van der Waals surface area contributed by atoms with E-state index in [0.717, 1.165) is 11.2 Å². The van der Waals surface area contributed by atoms with E-state index in [1.807, 2.05) is 12.1 Å². The first-order valence-corrected chi connectivity index (χ1v) is 4.68. The molecule has 0 aliphatic rings. The first-order chi connectivity index (χ1) is 7.18. The van der Waals surface area contributed by atoms with Crippen LogP contribution in [-0.4, -0.2) is 25.7 Å². The molecule has 0 bridgehead atoms. The summed E-state index contributed by atoms with van der Waals surface area (Å²) in [6.07, 6.45) is 3.72. The average Bonchev–Trinajstić information content (AvgIpc) is 2.66. The fraction of sp³-hybridized carbons (Fsp3) is 0.300. The van der Waals surface area contributed by atoms with Gasteiger partial charge < -0.3 is 5.11 Å². The Kier molecular flexibility index (Phi) is 2.37. The summed E-state index contributed by atoms with van der Waals surface area (Å²) in [5, 5.41) is 12.8. The molecule has 2 heterocycles. The Morgan fingerprint density at radius 2 is 2.47 bits per heavy atom. The Bertz CT molecular complexity index is 492. The highest BCUT2D eigenvalue weighted by atomic mass is 16.4. The highest BCUT2D eigenvalue weighted by Crippen LogP contribution is 2.12. The van der Waals surface area contributed by atoms with Crippen LogP contribution >= 0.6 is 0 Å². The molecule has 2 aromatic heterocycles. The minimum atomic E-state index is -0.795. The summed E-state index contributed by atoms with van der Waals surface area (Å²) in [4.78, 5) is 14.8. The van der Waals surface area contributed by atoms with Crippen LogP contribution in [0.2, 0.25) is 0 Å². The van der Waals surface area contributed by atoms with Crippen molar-refractivity contribution in [1.82, 2.24) is 14.6 Å². The van der Waals surface area contributed by atoms with Crippen molar-refractivity contribution in [2.75, 3.05) is 0 Å². The molecule has 1 atom stereocenters. The molecule has 1 N–H and O–H groups in total. The van der Waals surface area contributed by atoms with E-state index in [1.54, 1.807) is 17.6 Å². The van der Waals surface area contributed by atoms with E-state index in [9.17, 15) is 4.79 Å². The van der Waals surface area contributed by atoms with Crippen LogP contribution in [0.5, 0.6) is 0 Å². The van der Waals surface area contributed by atoms with Crippen molar-refractivity contribution < 1.29 is 9.90 Å². The van der Waals surface area contributed by atoms with Crippen molar-refractivity contribution in [3.63, 3.8) is 0 Å². The number of rotatable bonds is 3. The number of aromatic nitrogens is 3. The minimum Gasteiger partial charge on any atom is -0.481 e. The van der Waals surface area contributed by atoms with E-state index in [4.69, 9.17) is 5.11 Å². The van der Waals surface area contributed by atoms with Crippen molar-refractivity contribution in [3.05, 3.63) is 30.2 Å². The topological polar surface area (TPSA) is 67.5 Å². The molecule has 5 heteroatoms. The molecule has 2 aromatic rings. The number of carboxylic acid groups (broad SMARTS) is 1. The maximum Gasteiger partial charge on any atom is 0.306 e. The van der Waals surface area contributed by atoms with Crippen LogP contribution < -0.4 is 0 Å². The maximum atomic E-state index is 10.7. The van der Waals surface area contributed by atoms with Gasteiger partial charge in [-0.05, 0) is 18.1 Å². The molecule has 5 nitrogen and oxygen atoms in total. The van der Waals surface area contributed by atoms with Crippen LogP contribution in [0.15, 0.2) is 24.7 Å². The summed E-state index contributed by atoms with van der Waals surface area (Å²) >= 11 is 0. The predicted molar refractivity (Wildman–Crippen MR) is 53.5 cm³/mol. The highest BCUT2D eigenvalue weighted by Gasteiger charge is 2.14. The Hall–Kier alpha value is -1.91. The van der Waals surface area contributed by atoms with Gasteiger partial charge >= 0.3 is 5.97 Å². The number of hydrogen-bond acceptors (Lipinski definition) is 3. The smallest absolute Gasteiger partial charge is 0.306 e.